The van der Waals surface area contributed by atoms with Gasteiger partial charge in [-0.05, 0) is 61.7 Å². The largest absolute Gasteiger partial charge is 0.494 e. The van der Waals surface area contributed by atoms with Gasteiger partial charge in [-0.25, -0.2) is 0 Å². The third-order valence-corrected chi connectivity index (χ3v) is 4.23. The topological polar surface area (TPSA) is 53.3 Å². The summed E-state index contributed by atoms with van der Waals surface area (Å²) in [6, 6.07) is 17.2. The third kappa shape index (κ3) is 6.09. The van der Waals surface area contributed by atoms with Crippen molar-refractivity contribution in [3.05, 3.63) is 59.1 Å². The van der Waals surface area contributed by atoms with Crippen LogP contribution in [0.3, 0.4) is 0 Å². The van der Waals surface area contributed by atoms with Crippen LogP contribution in [0, 0.1) is 11.3 Å². The molecule has 0 aliphatic carbocycles. The van der Waals surface area contributed by atoms with Gasteiger partial charge in [-0.1, -0.05) is 23.7 Å². The summed E-state index contributed by atoms with van der Waals surface area (Å²) in [6.45, 7) is 2.92. The summed E-state index contributed by atoms with van der Waals surface area (Å²) in [5.74, 6) is 0.796. The molecule has 0 spiro atoms. The Morgan fingerprint density at radius 3 is 2.46 bits per heavy atom. The van der Waals surface area contributed by atoms with Crippen molar-refractivity contribution >= 4 is 23.2 Å². The van der Waals surface area contributed by atoms with Crippen LogP contribution in [0.5, 0.6) is 5.75 Å². The summed E-state index contributed by atoms with van der Waals surface area (Å²) in [5, 5.41) is 9.60. The summed E-state index contributed by atoms with van der Waals surface area (Å²) < 4.78 is 5.44. The maximum absolute atomic E-state index is 12.7. The summed E-state index contributed by atoms with van der Waals surface area (Å²) in [7, 11) is 0. The second-order valence-electron chi connectivity index (χ2n) is 5.86. The fourth-order valence-electron chi connectivity index (χ4n) is 2.68. The van der Waals surface area contributed by atoms with Gasteiger partial charge in [0.05, 0.1) is 19.1 Å². The molecule has 0 aromatic heterocycles. The Labute approximate surface area is 160 Å². The van der Waals surface area contributed by atoms with E-state index in [0.717, 1.165) is 29.8 Å². The van der Waals surface area contributed by atoms with Crippen molar-refractivity contribution in [2.75, 3.05) is 18.1 Å². The molecule has 0 aliphatic rings. The number of aryl methyl sites for hydroxylation is 1. The predicted molar refractivity (Wildman–Crippen MR) is 105 cm³/mol. The van der Waals surface area contributed by atoms with Crippen LogP contribution in [-0.2, 0) is 11.2 Å². The van der Waals surface area contributed by atoms with Gasteiger partial charge < -0.3 is 9.64 Å². The second kappa shape index (κ2) is 10.5. The molecule has 0 heterocycles. The van der Waals surface area contributed by atoms with Crippen molar-refractivity contribution < 1.29 is 9.53 Å². The number of halogens is 1. The monoisotopic (exact) mass is 370 g/mol. The third-order valence-electron chi connectivity index (χ3n) is 3.98. The molecule has 0 N–H and O–H groups in total. The molecule has 4 nitrogen and oxygen atoms in total. The van der Waals surface area contributed by atoms with Crippen LogP contribution in [0.4, 0.5) is 5.69 Å². The molecule has 0 atom stereocenters. The molecule has 136 valence electrons. The second-order valence-corrected chi connectivity index (χ2v) is 6.30. The van der Waals surface area contributed by atoms with Crippen LogP contribution >= 0.6 is 11.6 Å². The van der Waals surface area contributed by atoms with Gasteiger partial charge in [0.25, 0.3) is 0 Å². The van der Waals surface area contributed by atoms with Crippen molar-refractivity contribution in [1.29, 1.82) is 5.26 Å². The van der Waals surface area contributed by atoms with Crippen molar-refractivity contribution in [3.63, 3.8) is 0 Å². The van der Waals surface area contributed by atoms with Gasteiger partial charge in [0, 0.05) is 23.7 Å². The average Bonchev–Trinajstić information content (AvgIpc) is 2.65. The fourth-order valence-corrected chi connectivity index (χ4v) is 2.80. The lowest BCUT2D eigenvalue weighted by Gasteiger charge is -2.22. The Morgan fingerprint density at radius 2 is 1.85 bits per heavy atom. The molecular weight excluding hydrogens is 348 g/mol. The summed E-state index contributed by atoms with van der Waals surface area (Å²) >= 11 is 5.89. The first-order valence-corrected chi connectivity index (χ1v) is 9.16. The molecule has 2 aromatic carbocycles. The first-order valence-electron chi connectivity index (χ1n) is 8.78. The molecule has 0 saturated carbocycles. The van der Waals surface area contributed by atoms with Gasteiger partial charge in [-0.3, -0.25) is 4.79 Å². The zero-order chi connectivity index (χ0) is 18.8. The van der Waals surface area contributed by atoms with Gasteiger partial charge in [0.15, 0.2) is 0 Å². The Hall–Kier alpha value is -2.51. The first kappa shape index (κ1) is 19.8. The molecule has 0 unspecified atom stereocenters. The SMILES string of the molecule is CCOc1ccc(N(CCC#N)C(=O)CCCc2ccc(Cl)cc2)cc1. The molecule has 26 heavy (non-hydrogen) atoms. The zero-order valence-corrected chi connectivity index (χ0v) is 15.7. The van der Waals surface area contributed by atoms with E-state index in [1.807, 2.05) is 55.5 Å². The molecule has 0 radical (unpaired) electrons. The summed E-state index contributed by atoms with van der Waals surface area (Å²) in [4.78, 5) is 14.4. The lowest BCUT2D eigenvalue weighted by atomic mass is 10.1. The van der Waals surface area contributed by atoms with Gasteiger partial charge in [-0.15, -0.1) is 0 Å². The average molecular weight is 371 g/mol. The van der Waals surface area contributed by atoms with Crippen molar-refractivity contribution in [1.82, 2.24) is 0 Å². The number of nitriles is 1. The van der Waals surface area contributed by atoms with Crippen LogP contribution in [0.25, 0.3) is 0 Å². The number of rotatable bonds is 9. The van der Waals surface area contributed by atoms with E-state index < -0.39 is 0 Å². The lowest BCUT2D eigenvalue weighted by Crippen LogP contribution is -2.31. The van der Waals surface area contributed by atoms with Crippen LogP contribution in [0.2, 0.25) is 5.02 Å². The van der Waals surface area contributed by atoms with Crippen LogP contribution in [-0.4, -0.2) is 19.1 Å². The Bertz CT molecular complexity index is 736. The Morgan fingerprint density at radius 1 is 1.15 bits per heavy atom. The van der Waals surface area contributed by atoms with Crippen LogP contribution in [0.15, 0.2) is 48.5 Å². The molecule has 1 amide bonds. The van der Waals surface area contributed by atoms with Crippen molar-refractivity contribution in [3.8, 4) is 11.8 Å². The number of nitrogens with zero attached hydrogens (tertiary/aromatic N) is 2. The number of amides is 1. The highest BCUT2D eigenvalue weighted by atomic mass is 35.5. The van der Waals surface area contributed by atoms with Gasteiger partial charge in [-0.2, -0.15) is 5.26 Å². The molecule has 2 rings (SSSR count). The van der Waals surface area contributed by atoms with E-state index in [2.05, 4.69) is 6.07 Å². The molecular formula is C21H23ClN2O2. The highest BCUT2D eigenvalue weighted by Gasteiger charge is 2.15. The molecule has 0 fully saturated rings. The highest BCUT2D eigenvalue weighted by Crippen LogP contribution is 2.21. The summed E-state index contributed by atoms with van der Waals surface area (Å²) in [6.07, 6.45) is 2.30. The fraction of sp³-hybridized carbons (Fsp3) is 0.333. The number of carbonyl (C=O) groups is 1. The van der Waals surface area contributed by atoms with Crippen LogP contribution in [0.1, 0.15) is 31.7 Å². The smallest absolute Gasteiger partial charge is 0.227 e. The Balaban J connectivity index is 1.97. The first-order chi connectivity index (χ1) is 12.6. The number of ether oxygens (including phenoxy) is 1. The highest BCUT2D eigenvalue weighted by molar-refractivity contribution is 6.30. The number of hydrogen-bond donors (Lipinski definition) is 0. The van der Waals surface area contributed by atoms with Gasteiger partial charge >= 0.3 is 0 Å². The number of carbonyl (C=O) groups excluding carboxylic acids is 1. The summed E-state index contributed by atoms with van der Waals surface area (Å²) in [5.41, 5.74) is 1.95. The molecule has 0 bridgehead atoms. The van der Waals surface area contributed by atoms with E-state index in [1.54, 1.807) is 4.90 Å². The minimum Gasteiger partial charge on any atom is -0.494 e. The zero-order valence-electron chi connectivity index (χ0n) is 15.0. The number of hydrogen-bond acceptors (Lipinski definition) is 3. The van der Waals surface area contributed by atoms with Crippen molar-refractivity contribution in [2.45, 2.75) is 32.6 Å². The van der Waals surface area contributed by atoms with E-state index in [0.29, 0.717) is 31.0 Å². The van der Waals surface area contributed by atoms with Crippen molar-refractivity contribution in [2.24, 2.45) is 0 Å². The maximum atomic E-state index is 12.7. The minimum absolute atomic E-state index is 0.0263. The quantitative estimate of drug-likeness (QED) is 0.623. The molecule has 0 aliphatic heterocycles. The lowest BCUT2D eigenvalue weighted by molar-refractivity contribution is -0.118. The van der Waals surface area contributed by atoms with Gasteiger partial charge in [0.2, 0.25) is 5.91 Å². The van der Waals surface area contributed by atoms with E-state index in [9.17, 15) is 4.79 Å². The van der Waals surface area contributed by atoms with E-state index in [1.165, 1.54) is 0 Å². The van der Waals surface area contributed by atoms with E-state index in [4.69, 9.17) is 21.6 Å². The standard InChI is InChI=1S/C21H23ClN2O2/c1-2-26-20-13-11-19(12-14-20)24(16-4-15-23)21(25)6-3-5-17-7-9-18(22)10-8-17/h7-14H,2-6,16H2,1H3. The molecule has 0 saturated heterocycles. The van der Waals surface area contributed by atoms with E-state index in [-0.39, 0.29) is 5.91 Å². The molecule has 2 aromatic rings. The number of benzene rings is 2. The number of anilines is 1. The minimum atomic E-state index is 0.0263. The molecule has 5 heteroatoms. The maximum Gasteiger partial charge on any atom is 0.227 e. The predicted octanol–water partition coefficient (Wildman–Crippen LogP) is 5.01. The van der Waals surface area contributed by atoms with E-state index >= 15 is 0 Å². The normalized spacial score (nSPS) is 10.2. The van der Waals surface area contributed by atoms with Gasteiger partial charge in [0.1, 0.15) is 5.75 Å². The van der Waals surface area contributed by atoms with Crippen LogP contribution < -0.4 is 9.64 Å². The Kier molecular flexibility index (Phi) is 7.98.